The van der Waals surface area contributed by atoms with Gasteiger partial charge in [-0.2, -0.15) is 5.10 Å². The van der Waals surface area contributed by atoms with Crippen molar-refractivity contribution in [1.29, 1.82) is 0 Å². The first-order chi connectivity index (χ1) is 11.2. The fourth-order valence-electron chi connectivity index (χ4n) is 2.82. The van der Waals surface area contributed by atoms with Crippen molar-refractivity contribution >= 4 is 11.6 Å². The second-order valence-electron chi connectivity index (χ2n) is 5.32. The number of hydrogen-bond donors (Lipinski definition) is 0. The van der Waals surface area contributed by atoms with E-state index in [1.807, 2.05) is 10.7 Å². The van der Waals surface area contributed by atoms with Crippen LogP contribution in [0.1, 0.15) is 5.69 Å². The number of pyridine rings is 1. The summed E-state index contributed by atoms with van der Waals surface area (Å²) in [6.45, 7) is 1.82. The Morgan fingerprint density at radius 2 is 1.96 bits per heavy atom. The van der Waals surface area contributed by atoms with Crippen molar-refractivity contribution in [1.82, 2.24) is 14.8 Å². The standard InChI is InChI=1S/C17H13ClFN3O/c18-15-9-12(5-6-20-15)16-14-10-23-8-7-22(14)21-17(16)11-1-3-13(19)4-2-11/h1-6,9H,7-8,10H2. The lowest BCUT2D eigenvalue weighted by molar-refractivity contribution is 0.0805. The molecule has 0 unspecified atom stereocenters. The maximum atomic E-state index is 13.2. The van der Waals surface area contributed by atoms with Crippen molar-refractivity contribution in [2.45, 2.75) is 13.2 Å². The van der Waals surface area contributed by atoms with E-state index in [-0.39, 0.29) is 5.82 Å². The van der Waals surface area contributed by atoms with Gasteiger partial charge in [0.1, 0.15) is 16.7 Å². The van der Waals surface area contributed by atoms with Crippen LogP contribution < -0.4 is 0 Å². The SMILES string of the molecule is Fc1ccc(-c2nn3c(c2-c2ccnc(Cl)c2)COCC3)cc1. The van der Waals surface area contributed by atoms with E-state index < -0.39 is 0 Å². The van der Waals surface area contributed by atoms with E-state index in [1.54, 1.807) is 24.4 Å². The van der Waals surface area contributed by atoms with Crippen molar-refractivity contribution in [2.24, 2.45) is 0 Å². The average molecular weight is 330 g/mol. The Morgan fingerprint density at radius 1 is 1.13 bits per heavy atom. The first-order valence-corrected chi connectivity index (χ1v) is 7.65. The van der Waals surface area contributed by atoms with Crippen LogP contribution in [-0.2, 0) is 17.9 Å². The summed E-state index contributed by atoms with van der Waals surface area (Å²) in [5, 5.41) is 5.13. The van der Waals surface area contributed by atoms with Crippen molar-refractivity contribution in [3.8, 4) is 22.4 Å². The summed E-state index contributed by atoms with van der Waals surface area (Å²) in [7, 11) is 0. The van der Waals surface area contributed by atoms with Gasteiger partial charge >= 0.3 is 0 Å². The zero-order valence-corrected chi connectivity index (χ0v) is 12.9. The lowest BCUT2D eigenvalue weighted by Crippen LogP contribution is -2.17. The Hall–Kier alpha value is -2.24. The van der Waals surface area contributed by atoms with Crippen LogP contribution in [0, 0.1) is 5.82 Å². The normalized spacial score (nSPS) is 13.8. The van der Waals surface area contributed by atoms with Crippen LogP contribution in [0.5, 0.6) is 0 Å². The summed E-state index contributed by atoms with van der Waals surface area (Å²) < 4.78 is 20.8. The molecule has 116 valence electrons. The van der Waals surface area contributed by atoms with Crippen LogP contribution in [0.4, 0.5) is 4.39 Å². The monoisotopic (exact) mass is 329 g/mol. The molecule has 0 aliphatic carbocycles. The summed E-state index contributed by atoms with van der Waals surface area (Å²) in [6, 6.07) is 10.0. The first kappa shape index (κ1) is 14.4. The third kappa shape index (κ3) is 2.62. The van der Waals surface area contributed by atoms with Crippen LogP contribution in [0.25, 0.3) is 22.4 Å². The Kier molecular flexibility index (Phi) is 3.59. The van der Waals surface area contributed by atoms with Crippen LogP contribution >= 0.6 is 11.6 Å². The minimum atomic E-state index is -0.269. The maximum absolute atomic E-state index is 13.2. The number of aromatic nitrogens is 3. The molecule has 0 fully saturated rings. The van der Waals surface area contributed by atoms with Gasteiger partial charge in [0.25, 0.3) is 0 Å². The van der Waals surface area contributed by atoms with Crippen LogP contribution in [-0.4, -0.2) is 21.4 Å². The minimum Gasteiger partial charge on any atom is -0.373 e. The highest BCUT2D eigenvalue weighted by atomic mass is 35.5. The van der Waals surface area contributed by atoms with Crippen molar-refractivity contribution < 1.29 is 9.13 Å². The van der Waals surface area contributed by atoms with Gasteiger partial charge in [-0.15, -0.1) is 0 Å². The first-order valence-electron chi connectivity index (χ1n) is 7.27. The molecule has 2 aromatic heterocycles. The van der Waals surface area contributed by atoms with Crippen LogP contribution in [0.2, 0.25) is 5.15 Å². The Labute approximate surface area is 137 Å². The number of fused-ring (bicyclic) bond motifs is 1. The third-order valence-corrected chi connectivity index (χ3v) is 4.08. The fourth-order valence-corrected chi connectivity index (χ4v) is 2.99. The Balaban J connectivity index is 1.95. The Morgan fingerprint density at radius 3 is 2.74 bits per heavy atom. The molecule has 0 amide bonds. The molecule has 0 atom stereocenters. The lowest BCUT2D eigenvalue weighted by atomic mass is 9.99. The highest BCUT2D eigenvalue weighted by Crippen LogP contribution is 2.36. The molecular formula is C17H13ClFN3O. The molecule has 0 bridgehead atoms. The summed E-state index contributed by atoms with van der Waals surface area (Å²) in [5.74, 6) is -0.269. The van der Waals surface area contributed by atoms with E-state index >= 15 is 0 Å². The highest BCUT2D eigenvalue weighted by molar-refractivity contribution is 6.29. The largest absolute Gasteiger partial charge is 0.373 e. The molecule has 0 radical (unpaired) electrons. The number of ether oxygens (including phenoxy) is 1. The average Bonchev–Trinajstić information content (AvgIpc) is 2.95. The smallest absolute Gasteiger partial charge is 0.129 e. The van der Waals surface area contributed by atoms with Crippen molar-refractivity contribution in [3.05, 3.63) is 59.3 Å². The van der Waals surface area contributed by atoms with Crippen LogP contribution in [0.3, 0.4) is 0 Å². The van der Waals surface area contributed by atoms with Gasteiger partial charge in [0.2, 0.25) is 0 Å². The summed E-state index contributed by atoms with van der Waals surface area (Å²) in [6.07, 6.45) is 1.67. The van der Waals surface area contributed by atoms with Crippen LogP contribution in [0.15, 0.2) is 42.6 Å². The second-order valence-corrected chi connectivity index (χ2v) is 5.71. The van der Waals surface area contributed by atoms with E-state index in [4.69, 9.17) is 21.4 Å². The number of hydrogen-bond acceptors (Lipinski definition) is 3. The topological polar surface area (TPSA) is 39.9 Å². The van der Waals surface area contributed by atoms with Crippen molar-refractivity contribution in [3.63, 3.8) is 0 Å². The number of nitrogens with zero attached hydrogens (tertiary/aromatic N) is 3. The quantitative estimate of drug-likeness (QED) is 0.669. The highest BCUT2D eigenvalue weighted by Gasteiger charge is 2.23. The van der Waals surface area contributed by atoms with Gasteiger partial charge in [0, 0.05) is 17.3 Å². The maximum Gasteiger partial charge on any atom is 0.129 e. The van der Waals surface area contributed by atoms with E-state index in [0.29, 0.717) is 24.9 Å². The molecule has 1 aromatic carbocycles. The number of halogens is 2. The molecule has 4 rings (SSSR count). The molecule has 1 aliphatic heterocycles. The predicted octanol–water partition coefficient (Wildman–Crippen LogP) is 3.93. The second kappa shape index (κ2) is 5.76. The molecular weight excluding hydrogens is 317 g/mol. The van der Waals surface area contributed by atoms with E-state index in [0.717, 1.165) is 28.1 Å². The summed E-state index contributed by atoms with van der Waals surface area (Å²) in [5.41, 5.74) is 4.54. The van der Waals surface area contributed by atoms with Gasteiger partial charge in [0.15, 0.2) is 0 Å². The lowest BCUT2D eigenvalue weighted by Gasteiger charge is -2.15. The van der Waals surface area contributed by atoms with Gasteiger partial charge in [-0.25, -0.2) is 9.37 Å². The van der Waals surface area contributed by atoms with E-state index in [2.05, 4.69) is 4.98 Å². The van der Waals surface area contributed by atoms with Gasteiger partial charge in [0.05, 0.1) is 25.5 Å². The van der Waals surface area contributed by atoms with Gasteiger partial charge in [-0.05, 0) is 42.0 Å². The fraction of sp³-hybridized carbons (Fsp3) is 0.176. The third-order valence-electron chi connectivity index (χ3n) is 3.88. The molecule has 4 nitrogen and oxygen atoms in total. The molecule has 6 heteroatoms. The van der Waals surface area contributed by atoms with Gasteiger partial charge in [-0.3, -0.25) is 4.68 Å². The molecule has 0 spiro atoms. The molecule has 0 saturated heterocycles. The van der Waals surface area contributed by atoms with Gasteiger partial charge in [-0.1, -0.05) is 11.6 Å². The molecule has 3 aromatic rings. The van der Waals surface area contributed by atoms with E-state index in [1.165, 1.54) is 12.1 Å². The predicted molar refractivity (Wildman–Crippen MR) is 85.5 cm³/mol. The summed E-state index contributed by atoms with van der Waals surface area (Å²) >= 11 is 6.04. The van der Waals surface area contributed by atoms with E-state index in [9.17, 15) is 4.39 Å². The Bertz CT molecular complexity index is 861. The minimum absolute atomic E-state index is 0.269. The number of rotatable bonds is 2. The van der Waals surface area contributed by atoms with Crippen molar-refractivity contribution in [2.75, 3.05) is 6.61 Å². The molecule has 0 N–H and O–H groups in total. The zero-order chi connectivity index (χ0) is 15.8. The summed E-state index contributed by atoms with van der Waals surface area (Å²) in [4.78, 5) is 4.03. The molecule has 0 saturated carbocycles. The molecule has 1 aliphatic rings. The number of benzene rings is 1. The zero-order valence-electron chi connectivity index (χ0n) is 12.2. The molecule has 3 heterocycles. The molecule has 23 heavy (non-hydrogen) atoms. The van der Waals surface area contributed by atoms with Gasteiger partial charge < -0.3 is 4.74 Å².